The normalized spacial score (nSPS) is 21.4. The van der Waals surface area contributed by atoms with Crippen molar-refractivity contribution < 1.29 is 4.79 Å². The van der Waals surface area contributed by atoms with E-state index in [1.165, 1.54) is 11.1 Å². The lowest BCUT2D eigenvalue weighted by atomic mass is 9.95. The van der Waals surface area contributed by atoms with Crippen LogP contribution in [0.25, 0.3) is 5.57 Å². The van der Waals surface area contributed by atoms with E-state index < -0.39 is 0 Å². The molecule has 2 bridgehead atoms. The Morgan fingerprint density at radius 3 is 2.69 bits per heavy atom. The van der Waals surface area contributed by atoms with Gasteiger partial charge in [0, 0.05) is 18.8 Å². The molecule has 0 aliphatic carbocycles. The first-order valence-corrected chi connectivity index (χ1v) is 9.22. The molecule has 3 heterocycles. The van der Waals surface area contributed by atoms with Gasteiger partial charge in [-0.3, -0.25) is 4.79 Å². The number of hydrogen-bond donors (Lipinski definition) is 1. The van der Waals surface area contributed by atoms with Gasteiger partial charge in [0.1, 0.15) is 5.69 Å². The second kappa shape index (κ2) is 6.83. The number of benzene rings is 1. The fourth-order valence-electron chi connectivity index (χ4n) is 4.07. The highest BCUT2D eigenvalue weighted by Crippen LogP contribution is 2.38. The van der Waals surface area contributed by atoms with Crippen LogP contribution in [0.4, 0.5) is 10.5 Å². The van der Waals surface area contributed by atoms with Crippen molar-refractivity contribution >= 4 is 17.3 Å². The smallest absolute Gasteiger partial charge is 0.315 e. The van der Waals surface area contributed by atoms with Crippen molar-refractivity contribution in [3.63, 3.8) is 0 Å². The Balaban J connectivity index is 1.55. The van der Waals surface area contributed by atoms with E-state index in [-0.39, 0.29) is 23.7 Å². The van der Waals surface area contributed by atoms with Crippen LogP contribution in [0, 0.1) is 0 Å². The van der Waals surface area contributed by atoms with Crippen molar-refractivity contribution in [3.05, 3.63) is 70.7 Å². The molecule has 1 aromatic carbocycles. The SMILES string of the molecule is CCn1cccc(NC(=O)N2[C@@H]3CC[C@@H]2C=C(c2ccccc2)C3)c1=O. The Hall–Kier alpha value is -2.82. The van der Waals surface area contributed by atoms with Gasteiger partial charge < -0.3 is 14.8 Å². The van der Waals surface area contributed by atoms with Crippen LogP contribution < -0.4 is 10.9 Å². The van der Waals surface area contributed by atoms with Crippen LogP contribution in [0.3, 0.4) is 0 Å². The lowest BCUT2D eigenvalue weighted by Crippen LogP contribution is -2.46. The molecule has 0 radical (unpaired) electrons. The maximum absolute atomic E-state index is 12.9. The molecule has 2 amide bonds. The molecular formula is C21H23N3O2. The molecule has 26 heavy (non-hydrogen) atoms. The standard InChI is InChI=1S/C21H23N3O2/c1-2-23-12-6-9-19(20(23)25)22-21(26)24-17-10-11-18(24)14-16(13-17)15-7-4-3-5-8-15/h3-9,12-13,17-18H,2,10-11,14H2,1H3,(H,22,26)/t17-,18-/m1/s1. The summed E-state index contributed by atoms with van der Waals surface area (Å²) >= 11 is 0. The minimum atomic E-state index is -0.174. The van der Waals surface area contributed by atoms with E-state index in [1.807, 2.05) is 30.0 Å². The molecule has 1 fully saturated rings. The summed E-state index contributed by atoms with van der Waals surface area (Å²) in [6, 6.07) is 13.9. The summed E-state index contributed by atoms with van der Waals surface area (Å²) < 4.78 is 1.59. The number of anilines is 1. The molecule has 2 aliphatic rings. The topological polar surface area (TPSA) is 54.3 Å². The summed E-state index contributed by atoms with van der Waals surface area (Å²) in [6.45, 7) is 2.49. The number of aryl methyl sites for hydroxylation is 1. The summed E-state index contributed by atoms with van der Waals surface area (Å²) in [7, 11) is 0. The monoisotopic (exact) mass is 349 g/mol. The molecular weight excluding hydrogens is 326 g/mol. The first kappa shape index (κ1) is 16.6. The third-order valence-electron chi connectivity index (χ3n) is 5.38. The molecule has 2 atom stereocenters. The number of fused-ring (bicyclic) bond motifs is 2. The first-order valence-electron chi connectivity index (χ1n) is 9.22. The highest BCUT2D eigenvalue weighted by molar-refractivity contribution is 5.90. The third-order valence-corrected chi connectivity index (χ3v) is 5.38. The molecule has 1 N–H and O–H groups in total. The van der Waals surface area contributed by atoms with E-state index in [4.69, 9.17) is 0 Å². The maximum atomic E-state index is 12.9. The van der Waals surface area contributed by atoms with Crippen LogP contribution in [-0.4, -0.2) is 27.6 Å². The largest absolute Gasteiger partial charge is 0.322 e. The minimum Gasteiger partial charge on any atom is -0.315 e. The highest BCUT2D eigenvalue weighted by atomic mass is 16.2. The number of amides is 2. The van der Waals surface area contributed by atoms with Crippen LogP contribution in [0.1, 0.15) is 31.7 Å². The van der Waals surface area contributed by atoms with Crippen molar-refractivity contribution in [2.24, 2.45) is 0 Å². The Kier molecular flexibility index (Phi) is 4.37. The van der Waals surface area contributed by atoms with Crippen molar-refractivity contribution in [2.75, 3.05) is 5.32 Å². The number of rotatable bonds is 3. The van der Waals surface area contributed by atoms with E-state index in [0.29, 0.717) is 12.2 Å². The fraction of sp³-hybridized carbons (Fsp3) is 0.333. The Bertz CT molecular complexity index is 901. The highest BCUT2D eigenvalue weighted by Gasteiger charge is 2.39. The Morgan fingerprint density at radius 2 is 1.96 bits per heavy atom. The first-order chi connectivity index (χ1) is 12.7. The predicted octanol–water partition coefficient (Wildman–Crippen LogP) is 3.72. The number of nitrogens with zero attached hydrogens (tertiary/aromatic N) is 2. The van der Waals surface area contributed by atoms with E-state index >= 15 is 0 Å². The minimum absolute atomic E-state index is 0.0982. The van der Waals surface area contributed by atoms with Gasteiger partial charge in [-0.1, -0.05) is 36.4 Å². The summed E-state index contributed by atoms with van der Waals surface area (Å²) in [5.41, 5.74) is 2.73. The number of urea groups is 1. The lowest BCUT2D eigenvalue weighted by Gasteiger charge is -2.34. The number of hydrogen-bond acceptors (Lipinski definition) is 2. The zero-order valence-corrected chi connectivity index (χ0v) is 14.9. The molecule has 1 aromatic heterocycles. The summed E-state index contributed by atoms with van der Waals surface area (Å²) in [6.07, 6.45) is 6.79. The summed E-state index contributed by atoms with van der Waals surface area (Å²) in [4.78, 5) is 27.1. The van der Waals surface area contributed by atoms with Crippen LogP contribution in [-0.2, 0) is 6.54 Å². The molecule has 0 unspecified atom stereocenters. The molecule has 0 saturated carbocycles. The molecule has 5 heteroatoms. The second-order valence-electron chi connectivity index (χ2n) is 6.91. The second-order valence-corrected chi connectivity index (χ2v) is 6.91. The average Bonchev–Trinajstić information content (AvgIpc) is 2.94. The van der Waals surface area contributed by atoms with E-state index in [2.05, 4.69) is 23.5 Å². The number of nitrogens with one attached hydrogen (secondary N) is 1. The number of pyridine rings is 1. The zero-order chi connectivity index (χ0) is 18.1. The third kappa shape index (κ3) is 2.94. The van der Waals surface area contributed by atoms with Gasteiger partial charge in [-0.25, -0.2) is 4.79 Å². The lowest BCUT2D eigenvalue weighted by molar-refractivity contribution is 0.193. The number of carbonyl (C=O) groups is 1. The van der Waals surface area contributed by atoms with Crippen LogP contribution in [0.5, 0.6) is 0 Å². The van der Waals surface area contributed by atoms with Crippen molar-refractivity contribution in [3.8, 4) is 0 Å². The Labute approximate surface area is 152 Å². The number of aromatic nitrogens is 1. The molecule has 2 aromatic rings. The van der Waals surface area contributed by atoms with Gasteiger partial charge >= 0.3 is 6.03 Å². The van der Waals surface area contributed by atoms with E-state index in [0.717, 1.165) is 19.3 Å². The van der Waals surface area contributed by atoms with Crippen LogP contribution in [0.15, 0.2) is 59.5 Å². The molecule has 1 saturated heterocycles. The molecule has 2 aliphatic heterocycles. The molecule has 4 rings (SSSR count). The zero-order valence-electron chi connectivity index (χ0n) is 14.9. The van der Waals surface area contributed by atoms with Gasteiger partial charge in [0.15, 0.2) is 0 Å². The fourth-order valence-corrected chi connectivity index (χ4v) is 4.07. The van der Waals surface area contributed by atoms with Crippen molar-refractivity contribution in [2.45, 2.75) is 44.8 Å². The summed E-state index contributed by atoms with van der Waals surface area (Å²) in [5.74, 6) is 0. The van der Waals surface area contributed by atoms with Crippen molar-refractivity contribution in [1.82, 2.24) is 9.47 Å². The molecule has 5 nitrogen and oxygen atoms in total. The van der Waals surface area contributed by atoms with Gasteiger partial charge in [0.25, 0.3) is 5.56 Å². The van der Waals surface area contributed by atoms with E-state index in [1.54, 1.807) is 22.9 Å². The maximum Gasteiger partial charge on any atom is 0.322 e. The Morgan fingerprint density at radius 1 is 1.15 bits per heavy atom. The quantitative estimate of drug-likeness (QED) is 0.918. The van der Waals surface area contributed by atoms with Gasteiger partial charge in [-0.2, -0.15) is 0 Å². The van der Waals surface area contributed by atoms with Crippen LogP contribution >= 0.6 is 0 Å². The average molecular weight is 349 g/mol. The number of carbonyl (C=O) groups excluding carboxylic acids is 1. The van der Waals surface area contributed by atoms with Gasteiger partial charge in [0.2, 0.25) is 0 Å². The van der Waals surface area contributed by atoms with Crippen molar-refractivity contribution in [1.29, 1.82) is 0 Å². The van der Waals surface area contributed by atoms with Gasteiger partial charge in [-0.15, -0.1) is 0 Å². The van der Waals surface area contributed by atoms with Crippen LogP contribution in [0.2, 0.25) is 0 Å². The summed E-state index contributed by atoms with van der Waals surface area (Å²) in [5, 5.41) is 2.83. The van der Waals surface area contributed by atoms with E-state index in [9.17, 15) is 9.59 Å². The predicted molar refractivity (Wildman–Crippen MR) is 103 cm³/mol. The van der Waals surface area contributed by atoms with Gasteiger partial charge in [0.05, 0.1) is 6.04 Å². The molecule has 0 spiro atoms. The molecule has 134 valence electrons. The van der Waals surface area contributed by atoms with Gasteiger partial charge in [-0.05, 0) is 49.5 Å².